The van der Waals surface area contributed by atoms with Crippen molar-refractivity contribution in [3.05, 3.63) is 41.5 Å². The van der Waals surface area contributed by atoms with Gasteiger partial charge in [0.2, 0.25) is 5.91 Å². The fourth-order valence-corrected chi connectivity index (χ4v) is 4.54. The zero-order valence-electron chi connectivity index (χ0n) is 17.8. The van der Waals surface area contributed by atoms with Crippen LogP contribution >= 0.6 is 0 Å². The highest BCUT2D eigenvalue weighted by atomic mass is 16.2. The van der Waals surface area contributed by atoms with Gasteiger partial charge in [-0.05, 0) is 51.4 Å². The largest absolute Gasteiger partial charge is 0.344 e. The molecule has 0 aliphatic carbocycles. The molecule has 29 heavy (non-hydrogen) atoms. The van der Waals surface area contributed by atoms with Crippen molar-refractivity contribution < 1.29 is 4.79 Å². The van der Waals surface area contributed by atoms with Gasteiger partial charge in [-0.15, -0.1) is 0 Å². The second-order valence-electron chi connectivity index (χ2n) is 8.71. The molecule has 0 saturated carbocycles. The molecule has 2 aliphatic heterocycles. The predicted octanol–water partition coefficient (Wildman–Crippen LogP) is 1.73. The zero-order valence-corrected chi connectivity index (χ0v) is 17.8. The molecule has 1 saturated heterocycles. The van der Waals surface area contributed by atoms with E-state index in [1.54, 1.807) is 0 Å². The Bertz CT molecular complexity index is 863. The molecule has 1 amide bonds. The number of carbonyl (C=O) groups excluding carboxylic acids is 1. The van der Waals surface area contributed by atoms with Crippen LogP contribution in [0.2, 0.25) is 0 Å². The highest BCUT2D eigenvalue weighted by molar-refractivity contribution is 5.78. The van der Waals surface area contributed by atoms with E-state index in [-0.39, 0.29) is 5.91 Å². The van der Waals surface area contributed by atoms with Crippen molar-refractivity contribution in [2.45, 2.75) is 32.7 Å². The van der Waals surface area contributed by atoms with E-state index < -0.39 is 0 Å². The summed E-state index contributed by atoms with van der Waals surface area (Å²) in [7, 11) is 4.13. The van der Waals surface area contributed by atoms with Gasteiger partial charge in [0.15, 0.2) is 0 Å². The number of hydrogen-bond donors (Lipinski definition) is 0. The van der Waals surface area contributed by atoms with Crippen LogP contribution in [0.25, 0.3) is 5.69 Å². The average molecular weight is 397 g/mol. The summed E-state index contributed by atoms with van der Waals surface area (Å²) >= 11 is 0. The summed E-state index contributed by atoms with van der Waals surface area (Å²) in [6, 6.07) is 4.02. The number of likely N-dealkylation sites (N-methyl/N-ethyl adjacent to an activating group) is 1. The molecule has 2 aromatic rings. The number of hydrogen-bond acceptors (Lipinski definition) is 5. The number of aryl methyl sites for hydroxylation is 1. The number of carbonyl (C=O) groups is 1. The molecule has 1 atom stereocenters. The van der Waals surface area contributed by atoms with Gasteiger partial charge in [-0.2, -0.15) is 5.10 Å². The third kappa shape index (κ3) is 4.85. The van der Waals surface area contributed by atoms with Crippen LogP contribution in [-0.4, -0.2) is 82.2 Å². The molecule has 1 fully saturated rings. The average Bonchev–Trinajstić information content (AvgIpc) is 3.11. The summed E-state index contributed by atoms with van der Waals surface area (Å²) in [6.45, 7) is 7.27. The number of likely N-dealkylation sites (tertiary alicyclic amines) is 1. The van der Waals surface area contributed by atoms with Crippen molar-refractivity contribution >= 4 is 5.91 Å². The summed E-state index contributed by atoms with van der Waals surface area (Å²) in [5.41, 5.74) is 4.37. The van der Waals surface area contributed by atoms with Crippen molar-refractivity contribution in [3.63, 3.8) is 0 Å². The van der Waals surface area contributed by atoms with Crippen LogP contribution in [0.1, 0.15) is 29.8 Å². The summed E-state index contributed by atoms with van der Waals surface area (Å²) in [5.74, 6) is 0.816. The summed E-state index contributed by atoms with van der Waals surface area (Å²) < 4.78 is 1.94. The van der Waals surface area contributed by atoms with Crippen LogP contribution in [0, 0.1) is 12.8 Å². The second kappa shape index (κ2) is 8.63. The standard InChI is InChI=1S/C22H32N6O/c1-17-11-20(6-8-23-17)28-15-19-14-27(10-7-21(19)24-28)16-22(29)26(3)13-18-5-4-9-25(2)12-18/h6,8,11,15,18H,4-5,7,9-10,12-14,16H2,1-3H3. The Balaban J connectivity index is 1.34. The Labute approximate surface area is 173 Å². The molecule has 1 unspecified atom stereocenters. The maximum Gasteiger partial charge on any atom is 0.236 e. The number of fused-ring (bicyclic) bond motifs is 1. The smallest absolute Gasteiger partial charge is 0.236 e. The SMILES string of the molecule is Cc1cc(-n2cc3c(n2)CCN(CC(=O)N(C)CC2CCCN(C)C2)C3)ccn1. The fraction of sp³-hybridized carbons (Fsp3) is 0.591. The first-order chi connectivity index (χ1) is 14.0. The molecule has 0 N–H and O–H groups in total. The lowest BCUT2D eigenvalue weighted by atomic mass is 9.98. The van der Waals surface area contributed by atoms with Gasteiger partial charge in [0.05, 0.1) is 17.9 Å². The van der Waals surface area contributed by atoms with E-state index in [1.165, 1.54) is 24.9 Å². The van der Waals surface area contributed by atoms with E-state index in [0.29, 0.717) is 12.5 Å². The minimum atomic E-state index is 0.221. The van der Waals surface area contributed by atoms with Gasteiger partial charge in [0, 0.05) is 63.3 Å². The van der Waals surface area contributed by atoms with E-state index >= 15 is 0 Å². The van der Waals surface area contributed by atoms with Crippen LogP contribution in [0.5, 0.6) is 0 Å². The van der Waals surface area contributed by atoms with Crippen molar-refractivity contribution in [1.82, 2.24) is 29.5 Å². The third-order valence-corrected chi connectivity index (χ3v) is 6.12. The van der Waals surface area contributed by atoms with Crippen molar-refractivity contribution in [2.75, 3.05) is 46.8 Å². The second-order valence-corrected chi connectivity index (χ2v) is 8.71. The molecule has 0 radical (unpaired) electrons. The predicted molar refractivity (Wildman–Crippen MR) is 113 cm³/mol. The van der Waals surface area contributed by atoms with Gasteiger partial charge < -0.3 is 9.80 Å². The first kappa shape index (κ1) is 20.0. The molecule has 0 spiro atoms. The fourth-order valence-electron chi connectivity index (χ4n) is 4.54. The molecule has 0 bridgehead atoms. The van der Waals surface area contributed by atoms with Crippen molar-refractivity contribution in [2.24, 2.45) is 5.92 Å². The number of amides is 1. The van der Waals surface area contributed by atoms with Gasteiger partial charge >= 0.3 is 0 Å². The van der Waals surface area contributed by atoms with Crippen LogP contribution < -0.4 is 0 Å². The van der Waals surface area contributed by atoms with E-state index in [0.717, 1.165) is 49.7 Å². The highest BCUT2D eigenvalue weighted by Crippen LogP contribution is 2.20. The lowest BCUT2D eigenvalue weighted by Gasteiger charge is -2.33. The minimum Gasteiger partial charge on any atom is -0.344 e. The van der Waals surface area contributed by atoms with Crippen LogP contribution in [0.15, 0.2) is 24.5 Å². The van der Waals surface area contributed by atoms with Crippen LogP contribution in [0.3, 0.4) is 0 Å². The first-order valence-corrected chi connectivity index (χ1v) is 10.6. The molecule has 2 aromatic heterocycles. The van der Waals surface area contributed by atoms with Gasteiger partial charge in [0.1, 0.15) is 0 Å². The van der Waals surface area contributed by atoms with E-state index in [2.05, 4.69) is 28.0 Å². The molecule has 7 heteroatoms. The van der Waals surface area contributed by atoms with E-state index in [4.69, 9.17) is 5.10 Å². The topological polar surface area (TPSA) is 57.5 Å². The van der Waals surface area contributed by atoms with Gasteiger partial charge in [-0.25, -0.2) is 4.68 Å². The number of piperidine rings is 1. The highest BCUT2D eigenvalue weighted by Gasteiger charge is 2.25. The molecule has 7 nitrogen and oxygen atoms in total. The molecule has 4 rings (SSSR count). The lowest BCUT2D eigenvalue weighted by molar-refractivity contribution is -0.132. The molecular weight excluding hydrogens is 364 g/mol. The normalized spacial score (nSPS) is 20.4. The van der Waals surface area contributed by atoms with Crippen LogP contribution in [-0.2, 0) is 17.8 Å². The number of rotatable bonds is 5. The van der Waals surface area contributed by atoms with Gasteiger partial charge in [-0.1, -0.05) is 0 Å². The quantitative estimate of drug-likeness (QED) is 0.771. The monoisotopic (exact) mass is 396 g/mol. The Kier molecular flexibility index (Phi) is 5.96. The molecule has 4 heterocycles. The van der Waals surface area contributed by atoms with Crippen molar-refractivity contribution in [1.29, 1.82) is 0 Å². The molecule has 156 valence electrons. The maximum atomic E-state index is 12.8. The van der Waals surface area contributed by atoms with E-state index in [1.807, 2.05) is 41.9 Å². The lowest BCUT2D eigenvalue weighted by Crippen LogP contribution is -2.44. The first-order valence-electron chi connectivity index (χ1n) is 10.6. The summed E-state index contributed by atoms with van der Waals surface area (Å²) in [6.07, 6.45) is 7.26. The Morgan fingerprint density at radius 3 is 3.00 bits per heavy atom. The number of aromatic nitrogens is 3. The minimum absolute atomic E-state index is 0.221. The maximum absolute atomic E-state index is 12.8. The van der Waals surface area contributed by atoms with E-state index in [9.17, 15) is 4.79 Å². The Morgan fingerprint density at radius 1 is 1.34 bits per heavy atom. The third-order valence-electron chi connectivity index (χ3n) is 6.12. The van der Waals surface area contributed by atoms with Gasteiger partial charge in [0.25, 0.3) is 0 Å². The molecule has 0 aromatic carbocycles. The Morgan fingerprint density at radius 2 is 2.21 bits per heavy atom. The van der Waals surface area contributed by atoms with Crippen molar-refractivity contribution in [3.8, 4) is 5.69 Å². The summed E-state index contributed by atoms with van der Waals surface area (Å²) in [5, 5.41) is 4.76. The van der Waals surface area contributed by atoms with Crippen LogP contribution in [0.4, 0.5) is 0 Å². The number of nitrogens with zero attached hydrogens (tertiary/aromatic N) is 6. The summed E-state index contributed by atoms with van der Waals surface area (Å²) in [4.78, 5) is 23.6. The molecular formula is C22H32N6O. The zero-order chi connectivity index (χ0) is 20.4. The molecule has 2 aliphatic rings. The Hall–Kier alpha value is -2.25. The van der Waals surface area contributed by atoms with Gasteiger partial charge in [-0.3, -0.25) is 14.7 Å². The number of pyridine rings is 1.